The monoisotopic (exact) mass is 826 g/mol. The molecule has 0 bridgehead atoms. The number of aromatic nitrogens is 2. The predicted molar refractivity (Wildman–Crippen MR) is 275 cm³/mol. The summed E-state index contributed by atoms with van der Waals surface area (Å²) in [5.74, 6) is 0. The molecule has 2 nitrogen and oxygen atoms in total. The summed E-state index contributed by atoms with van der Waals surface area (Å²) in [7, 11) is 0. The fraction of sp³-hybridized carbons (Fsp3) is 0.0159. The Bertz CT molecular complexity index is 3630. The number of aryl methyl sites for hydroxylation is 1. The van der Waals surface area contributed by atoms with E-state index < -0.39 is 0 Å². The van der Waals surface area contributed by atoms with Crippen molar-refractivity contribution in [3.8, 4) is 78.3 Å². The van der Waals surface area contributed by atoms with E-state index in [4.69, 9.17) is 9.97 Å². The van der Waals surface area contributed by atoms with Crippen LogP contribution >= 0.6 is 0 Å². The number of hydrogen-bond acceptors (Lipinski definition) is 2. The standard InChI is InChI=1S/C63H42N2/c1-41-17-16-30-57(64-41)58-40-39-48(42-31-33-45(34-32-42)61-53-26-12-8-22-49(53)59(43-18-4-2-5-19-43)50-23-9-13-27-54(50)61)63(65-58)47-37-35-46(36-38-47)62-55-28-14-10-24-51(55)60(44-20-6-3-7-21-44)52-25-11-15-29-56(52)62/h2-40H,1H3. The van der Waals surface area contributed by atoms with Crippen LogP contribution in [0.25, 0.3) is 121 Å². The zero-order valence-electron chi connectivity index (χ0n) is 35.9. The lowest BCUT2D eigenvalue weighted by molar-refractivity contribution is 1.18. The molecule has 10 aromatic carbocycles. The molecule has 2 aromatic heterocycles. The maximum Gasteiger partial charge on any atom is 0.0894 e. The van der Waals surface area contributed by atoms with Gasteiger partial charge < -0.3 is 0 Å². The van der Waals surface area contributed by atoms with Crippen LogP contribution in [-0.4, -0.2) is 9.97 Å². The molecule has 0 saturated carbocycles. The molecular weight excluding hydrogens is 785 g/mol. The Balaban J connectivity index is 0.998. The molecule has 0 amide bonds. The van der Waals surface area contributed by atoms with Gasteiger partial charge in [-0.3, -0.25) is 4.98 Å². The van der Waals surface area contributed by atoms with Crippen LogP contribution in [0.5, 0.6) is 0 Å². The highest BCUT2D eigenvalue weighted by Gasteiger charge is 2.20. The second-order valence-electron chi connectivity index (χ2n) is 16.8. The molecule has 65 heavy (non-hydrogen) atoms. The van der Waals surface area contributed by atoms with Crippen LogP contribution in [0.2, 0.25) is 0 Å². The van der Waals surface area contributed by atoms with Crippen LogP contribution in [0.15, 0.2) is 237 Å². The highest BCUT2D eigenvalue weighted by Crippen LogP contribution is 2.46. The van der Waals surface area contributed by atoms with E-state index in [0.717, 1.165) is 39.5 Å². The van der Waals surface area contributed by atoms with E-state index in [9.17, 15) is 0 Å². The van der Waals surface area contributed by atoms with Gasteiger partial charge in [0.15, 0.2) is 0 Å². The highest BCUT2D eigenvalue weighted by atomic mass is 14.8. The zero-order valence-corrected chi connectivity index (χ0v) is 35.9. The Morgan fingerprint density at radius 1 is 0.231 bits per heavy atom. The van der Waals surface area contributed by atoms with Crippen molar-refractivity contribution in [2.45, 2.75) is 6.92 Å². The van der Waals surface area contributed by atoms with Gasteiger partial charge in [-0.1, -0.05) is 212 Å². The third-order valence-corrected chi connectivity index (χ3v) is 13.0. The van der Waals surface area contributed by atoms with Gasteiger partial charge >= 0.3 is 0 Å². The lowest BCUT2D eigenvalue weighted by atomic mass is 9.85. The van der Waals surface area contributed by atoms with E-state index in [0.29, 0.717) is 0 Å². The van der Waals surface area contributed by atoms with Crippen molar-refractivity contribution in [1.29, 1.82) is 0 Å². The average molecular weight is 827 g/mol. The molecule has 0 N–H and O–H groups in total. The zero-order chi connectivity index (χ0) is 43.3. The van der Waals surface area contributed by atoms with Gasteiger partial charge in [-0.15, -0.1) is 0 Å². The summed E-state index contributed by atoms with van der Waals surface area (Å²) in [6.07, 6.45) is 0. The minimum Gasteiger partial charge on any atom is -0.251 e. The van der Waals surface area contributed by atoms with Gasteiger partial charge in [0.1, 0.15) is 0 Å². The number of nitrogens with zero attached hydrogens (tertiary/aromatic N) is 2. The van der Waals surface area contributed by atoms with Gasteiger partial charge in [-0.05, 0) is 124 Å². The first-order valence-electron chi connectivity index (χ1n) is 22.3. The molecule has 0 radical (unpaired) electrons. The van der Waals surface area contributed by atoms with Gasteiger partial charge in [0.05, 0.1) is 17.1 Å². The number of hydrogen-bond donors (Lipinski definition) is 0. The SMILES string of the molecule is Cc1cccc(-c2ccc(-c3ccc(-c4c5ccccc5c(-c5ccccc5)c5ccccc45)cc3)c(-c3ccc(-c4c5ccccc5c(-c5ccccc5)c5ccccc45)cc3)n2)n1. The molecule has 0 fully saturated rings. The van der Waals surface area contributed by atoms with Crippen LogP contribution in [0.4, 0.5) is 0 Å². The lowest BCUT2D eigenvalue weighted by Gasteiger charge is -2.18. The van der Waals surface area contributed by atoms with Crippen molar-refractivity contribution in [2.75, 3.05) is 0 Å². The van der Waals surface area contributed by atoms with Crippen LogP contribution < -0.4 is 0 Å². The molecule has 0 spiro atoms. The number of pyridine rings is 2. The molecule has 12 rings (SSSR count). The molecule has 2 heterocycles. The van der Waals surface area contributed by atoms with Gasteiger partial charge in [-0.2, -0.15) is 0 Å². The smallest absolute Gasteiger partial charge is 0.0894 e. The molecule has 0 atom stereocenters. The summed E-state index contributed by atoms with van der Waals surface area (Å²) < 4.78 is 0. The first kappa shape index (κ1) is 38.2. The van der Waals surface area contributed by atoms with Crippen molar-refractivity contribution in [2.24, 2.45) is 0 Å². The maximum atomic E-state index is 5.42. The predicted octanol–water partition coefficient (Wildman–Crippen LogP) is 17.1. The van der Waals surface area contributed by atoms with Gasteiger partial charge in [0.2, 0.25) is 0 Å². The molecule has 304 valence electrons. The summed E-state index contributed by atoms with van der Waals surface area (Å²) >= 11 is 0. The molecule has 0 saturated heterocycles. The summed E-state index contributed by atoms with van der Waals surface area (Å²) in [4.78, 5) is 10.3. The molecule has 0 aliphatic carbocycles. The highest BCUT2D eigenvalue weighted by molar-refractivity contribution is 6.22. The Morgan fingerprint density at radius 3 is 0.938 bits per heavy atom. The molecule has 0 aliphatic heterocycles. The Morgan fingerprint density at radius 2 is 0.554 bits per heavy atom. The molecule has 2 heteroatoms. The normalized spacial score (nSPS) is 11.5. The van der Waals surface area contributed by atoms with Gasteiger partial charge in [-0.25, -0.2) is 4.98 Å². The van der Waals surface area contributed by atoms with E-state index in [1.54, 1.807) is 0 Å². The van der Waals surface area contributed by atoms with Crippen LogP contribution in [0, 0.1) is 6.92 Å². The Kier molecular flexibility index (Phi) is 9.43. The van der Waals surface area contributed by atoms with Crippen molar-refractivity contribution in [3.05, 3.63) is 242 Å². The minimum absolute atomic E-state index is 0.845. The van der Waals surface area contributed by atoms with E-state index >= 15 is 0 Å². The third-order valence-electron chi connectivity index (χ3n) is 13.0. The number of benzene rings is 10. The van der Waals surface area contributed by atoms with Crippen molar-refractivity contribution in [1.82, 2.24) is 9.97 Å². The second kappa shape index (κ2) is 16.0. The maximum absolute atomic E-state index is 5.42. The van der Waals surface area contributed by atoms with E-state index in [-0.39, 0.29) is 0 Å². The van der Waals surface area contributed by atoms with E-state index in [1.165, 1.54) is 87.6 Å². The Labute approximate surface area is 378 Å². The van der Waals surface area contributed by atoms with Gasteiger partial charge in [0, 0.05) is 16.8 Å². The minimum atomic E-state index is 0.845. The largest absolute Gasteiger partial charge is 0.251 e. The fourth-order valence-corrected chi connectivity index (χ4v) is 10.1. The topological polar surface area (TPSA) is 25.8 Å². The lowest BCUT2D eigenvalue weighted by Crippen LogP contribution is -1.95. The average Bonchev–Trinajstić information content (AvgIpc) is 3.37. The third kappa shape index (κ3) is 6.67. The van der Waals surface area contributed by atoms with Crippen molar-refractivity contribution < 1.29 is 0 Å². The quantitative estimate of drug-likeness (QED) is 0.150. The molecular formula is C63H42N2. The van der Waals surface area contributed by atoms with Crippen LogP contribution in [-0.2, 0) is 0 Å². The number of rotatable bonds is 7. The van der Waals surface area contributed by atoms with Crippen LogP contribution in [0.1, 0.15) is 5.69 Å². The van der Waals surface area contributed by atoms with Crippen molar-refractivity contribution >= 4 is 43.1 Å². The molecule has 0 unspecified atom stereocenters. The first-order valence-corrected chi connectivity index (χ1v) is 22.3. The summed E-state index contributed by atoms with van der Waals surface area (Å²) in [5, 5.41) is 9.94. The molecule has 12 aromatic rings. The van der Waals surface area contributed by atoms with Crippen molar-refractivity contribution in [3.63, 3.8) is 0 Å². The summed E-state index contributed by atoms with van der Waals surface area (Å²) in [6, 6.07) is 85.4. The number of fused-ring (bicyclic) bond motifs is 4. The van der Waals surface area contributed by atoms with E-state index in [1.807, 2.05) is 19.1 Å². The summed E-state index contributed by atoms with van der Waals surface area (Å²) in [5.41, 5.74) is 16.6. The first-order chi connectivity index (χ1) is 32.2. The second-order valence-corrected chi connectivity index (χ2v) is 16.8. The van der Waals surface area contributed by atoms with E-state index in [2.05, 4.69) is 224 Å². The fourth-order valence-electron chi connectivity index (χ4n) is 10.1. The molecule has 0 aliphatic rings. The van der Waals surface area contributed by atoms with Crippen LogP contribution in [0.3, 0.4) is 0 Å². The van der Waals surface area contributed by atoms with Gasteiger partial charge in [0.25, 0.3) is 0 Å². The Hall–Kier alpha value is -8.46. The summed E-state index contributed by atoms with van der Waals surface area (Å²) in [6.45, 7) is 2.03.